The second-order valence-corrected chi connectivity index (χ2v) is 5.65. The van der Waals surface area contributed by atoms with Gasteiger partial charge in [0.2, 0.25) is 0 Å². The van der Waals surface area contributed by atoms with Gasteiger partial charge in [0.1, 0.15) is 11.5 Å². The average Bonchev–Trinajstić information content (AvgIpc) is 2.70. The van der Waals surface area contributed by atoms with E-state index in [1.807, 2.05) is 49.4 Å². The van der Waals surface area contributed by atoms with E-state index >= 15 is 0 Å². The summed E-state index contributed by atoms with van der Waals surface area (Å²) >= 11 is 0. The Labute approximate surface area is 178 Å². The molecule has 0 unspecified atom stereocenters. The minimum Gasteiger partial charge on any atom is -0.497 e. The number of halogens is 1. The molecule has 0 amide bonds. The highest BCUT2D eigenvalue weighted by molar-refractivity contribution is 14.0. The molecule has 0 bridgehead atoms. The van der Waals surface area contributed by atoms with Crippen molar-refractivity contribution in [3.05, 3.63) is 59.2 Å². The second-order valence-electron chi connectivity index (χ2n) is 5.65. The molecule has 7 heteroatoms. The molecule has 2 aromatic carbocycles. The van der Waals surface area contributed by atoms with Crippen LogP contribution in [0.5, 0.6) is 11.5 Å². The minimum atomic E-state index is 0. The molecule has 0 spiro atoms. The number of rotatable bonds is 8. The summed E-state index contributed by atoms with van der Waals surface area (Å²) in [6, 6.07) is 13.5. The van der Waals surface area contributed by atoms with Crippen molar-refractivity contribution in [1.29, 1.82) is 0 Å². The maximum atomic E-state index is 9.44. The zero-order chi connectivity index (χ0) is 18.8. The van der Waals surface area contributed by atoms with Crippen molar-refractivity contribution >= 4 is 29.9 Å². The summed E-state index contributed by atoms with van der Waals surface area (Å²) in [4.78, 5) is 4.63. The Hall–Kier alpha value is -2.00. The number of methoxy groups -OCH3 is 2. The van der Waals surface area contributed by atoms with Crippen molar-refractivity contribution in [2.75, 3.05) is 20.8 Å². The first-order valence-electron chi connectivity index (χ1n) is 8.62. The van der Waals surface area contributed by atoms with Crippen LogP contribution in [0.3, 0.4) is 0 Å². The van der Waals surface area contributed by atoms with Crippen LogP contribution in [0.25, 0.3) is 0 Å². The zero-order valence-electron chi connectivity index (χ0n) is 16.0. The van der Waals surface area contributed by atoms with Crippen LogP contribution in [0.4, 0.5) is 0 Å². The normalized spacial score (nSPS) is 10.7. The zero-order valence-corrected chi connectivity index (χ0v) is 18.3. The van der Waals surface area contributed by atoms with E-state index in [2.05, 4.69) is 15.6 Å². The number of hydrogen-bond donors (Lipinski definition) is 3. The molecule has 0 radical (unpaired) electrons. The van der Waals surface area contributed by atoms with Gasteiger partial charge in [-0.05, 0) is 30.2 Å². The third-order valence-corrected chi connectivity index (χ3v) is 3.98. The Morgan fingerprint density at radius 3 is 2.37 bits per heavy atom. The number of ether oxygens (including phenoxy) is 2. The molecule has 2 rings (SSSR count). The topological polar surface area (TPSA) is 75.1 Å². The van der Waals surface area contributed by atoms with Crippen molar-refractivity contribution in [2.45, 2.75) is 26.6 Å². The molecule has 0 aromatic heterocycles. The van der Waals surface area contributed by atoms with Gasteiger partial charge in [-0.25, -0.2) is 4.99 Å². The van der Waals surface area contributed by atoms with Crippen LogP contribution in [-0.2, 0) is 19.7 Å². The van der Waals surface area contributed by atoms with Gasteiger partial charge < -0.3 is 25.2 Å². The molecule has 0 aliphatic carbocycles. The van der Waals surface area contributed by atoms with E-state index in [-0.39, 0.29) is 30.6 Å². The van der Waals surface area contributed by atoms with E-state index in [0.29, 0.717) is 19.0 Å². The summed E-state index contributed by atoms with van der Waals surface area (Å²) in [5, 5.41) is 16.0. The fourth-order valence-electron chi connectivity index (χ4n) is 2.55. The van der Waals surface area contributed by atoms with Gasteiger partial charge in [0.15, 0.2) is 5.96 Å². The van der Waals surface area contributed by atoms with E-state index in [9.17, 15) is 5.11 Å². The number of aliphatic hydroxyl groups excluding tert-OH is 1. The van der Waals surface area contributed by atoms with Crippen LogP contribution in [0.2, 0.25) is 0 Å². The van der Waals surface area contributed by atoms with Crippen molar-refractivity contribution in [3.63, 3.8) is 0 Å². The lowest BCUT2D eigenvalue weighted by Gasteiger charge is -2.14. The molecule has 0 aliphatic heterocycles. The second kappa shape index (κ2) is 12.4. The molecule has 0 aliphatic rings. The van der Waals surface area contributed by atoms with E-state index in [1.54, 1.807) is 14.2 Å². The largest absolute Gasteiger partial charge is 0.497 e. The Balaban J connectivity index is 0.00000364. The first-order chi connectivity index (χ1) is 12.7. The van der Waals surface area contributed by atoms with Gasteiger partial charge in [-0.2, -0.15) is 0 Å². The third kappa shape index (κ3) is 6.91. The Bertz CT molecular complexity index is 738. The van der Waals surface area contributed by atoms with Crippen molar-refractivity contribution in [2.24, 2.45) is 4.99 Å². The maximum Gasteiger partial charge on any atom is 0.191 e. The van der Waals surface area contributed by atoms with Gasteiger partial charge in [0.05, 0.1) is 27.4 Å². The number of hydrogen-bond acceptors (Lipinski definition) is 4. The highest BCUT2D eigenvalue weighted by atomic mass is 127. The average molecular weight is 485 g/mol. The molecule has 0 saturated heterocycles. The van der Waals surface area contributed by atoms with Gasteiger partial charge >= 0.3 is 0 Å². The number of guanidine groups is 1. The van der Waals surface area contributed by atoms with Gasteiger partial charge in [-0.15, -0.1) is 24.0 Å². The van der Waals surface area contributed by atoms with E-state index in [4.69, 9.17) is 9.47 Å². The van der Waals surface area contributed by atoms with E-state index in [1.165, 1.54) is 0 Å². The van der Waals surface area contributed by atoms with Gasteiger partial charge in [-0.3, -0.25) is 0 Å². The van der Waals surface area contributed by atoms with Crippen molar-refractivity contribution < 1.29 is 14.6 Å². The van der Waals surface area contributed by atoms with Gasteiger partial charge in [0, 0.05) is 24.7 Å². The first kappa shape index (κ1) is 23.0. The molecule has 3 N–H and O–H groups in total. The molecule has 0 atom stereocenters. The number of nitrogens with one attached hydrogen (secondary N) is 2. The summed E-state index contributed by atoms with van der Waals surface area (Å²) in [6.07, 6.45) is 0. The molecule has 6 nitrogen and oxygen atoms in total. The third-order valence-electron chi connectivity index (χ3n) is 3.98. The standard InChI is InChI=1S/C20H27N3O3.HI/c1-4-21-20(22-12-15-7-5-6-8-17(15)14-24)23-13-16-9-10-18(25-2)11-19(16)26-3;/h5-11,24H,4,12-14H2,1-3H3,(H2,21,22,23);1H. The van der Waals surface area contributed by atoms with Gasteiger partial charge in [0.25, 0.3) is 0 Å². The summed E-state index contributed by atoms with van der Waals surface area (Å²) in [7, 11) is 3.27. The molecular formula is C20H28IN3O3. The van der Waals surface area contributed by atoms with E-state index < -0.39 is 0 Å². The highest BCUT2D eigenvalue weighted by Gasteiger charge is 2.06. The summed E-state index contributed by atoms with van der Waals surface area (Å²) in [5.41, 5.74) is 2.93. The molecule has 2 aromatic rings. The smallest absolute Gasteiger partial charge is 0.191 e. The summed E-state index contributed by atoms with van der Waals surface area (Å²) in [6.45, 7) is 3.86. The fourth-order valence-corrected chi connectivity index (χ4v) is 2.55. The molecular weight excluding hydrogens is 457 g/mol. The lowest BCUT2D eigenvalue weighted by atomic mass is 10.1. The molecule has 0 saturated carbocycles. The molecule has 0 heterocycles. The van der Waals surface area contributed by atoms with Crippen LogP contribution in [0.1, 0.15) is 23.6 Å². The summed E-state index contributed by atoms with van der Waals surface area (Å²) in [5.74, 6) is 2.20. The molecule has 27 heavy (non-hydrogen) atoms. The number of nitrogens with zero attached hydrogens (tertiary/aromatic N) is 1. The minimum absolute atomic E-state index is 0. The SMILES string of the molecule is CCNC(=NCc1ccc(OC)cc1OC)NCc1ccccc1CO.I. The molecule has 0 fully saturated rings. The van der Waals surface area contributed by atoms with E-state index in [0.717, 1.165) is 34.7 Å². The van der Waals surface area contributed by atoms with Crippen LogP contribution in [-0.4, -0.2) is 31.8 Å². The fraction of sp³-hybridized carbons (Fsp3) is 0.350. The predicted molar refractivity (Wildman–Crippen MR) is 119 cm³/mol. The Morgan fingerprint density at radius 1 is 1.00 bits per heavy atom. The lowest BCUT2D eigenvalue weighted by molar-refractivity contribution is 0.280. The number of benzene rings is 2. The lowest BCUT2D eigenvalue weighted by Crippen LogP contribution is -2.37. The van der Waals surface area contributed by atoms with Crippen LogP contribution < -0.4 is 20.1 Å². The maximum absolute atomic E-state index is 9.44. The van der Waals surface area contributed by atoms with Crippen LogP contribution >= 0.6 is 24.0 Å². The van der Waals surface area contributed by atoms with Crippen LogP contribution in [0.15, 0.2) is 47.5 Å². The van der Waals surface area contributed by atoms with Gasteiger partial charge in [-0.1, -0.05) is 24.3 Å². The Morgan fingerprint density at radius 2 is 1.74 bits per heavy atom. The van der Waals surface area contributed by atoms with Crippen molar-refractivity contribution in [1.82, 2.24) is 10.6 Å². The van der Waals surface area contributed by atoms with Crippen molar-refractivity contribution in [3.8, 4) is 11.5 Å². The Kier molecular flexibility index (Phi) is 10.6. The number of aliphatic imine (C=N–C) groups is 1. The quantitative estimate of drug-likeness (QED) is 0.305. The monoisotopic (exact) mass is 485 g/mol. The highest BCUT2D eigenvalue weighted by Crippen LogP contribution is 2.25. The molecule has 148 valence electrons. The first-order valence-corrected chi connectivity index (χ1v) is 8.62. The predicted octanol–water partition coefficient (Wildman–Crippen LogP) is 3.07. The number of aliphatic hydroxyl groups is 1. The van der Waals surface area contributed by atoms with Crippen LogP contribution in [0, 0.1) is 0 Å². The summed E-state index contributed by atoms with van der Waals surface area (Å²) < 4.78 is 10.6.